The second kappa shape index (κ2) is 66.4. The number of allylic oxidation sites excluding steroid dienone is 4. The fourth-order valence-electron chi connectivity index (χ4n) is 10.7. The van der Waals surface area contributed by atoms with E-state index in [1.807, 2.05) is 0 Å². The first-order chi connectivity index (χ1) is 38.0. The van der Waals surface area contributed by atoms with Crippen molar-refractivity contribution in [3.63, 3.8) is 0 Å². The number of ether oxygens (including phenoxy) is 3. The van der Waals surface area contributed by atoms with Crippen molar-refractivity contribution < 1.29 is 28.6 Å². The average molecular weight is 1080 g/mol. The van der Waals surface area contributed by atoms with Crippen LogP contribution in [0.15, 0.2) is 24.3 Å². The maximum Gasteiger partial charge on any atom is 0.306 e. The fourth-order valence-corrected chi connectivity index (χ4v) is 10.7. The van der Waals surface area contributed by atoms with E-state index in [0.29, 0.717) is 19.3 Å². The summed E-state index contributed by atoms with van der Waals surface area (Å²) in [5.74, 6) is -0.863. The lowest BCUT2D eigenvalue weighted by Gasteiger charge is -2.18. The molecule has 0 radical (unpaired) electrons. The van der Waals surface area contributed by atoms with Gasteiger partial charge < -0.3 is 14.2 Å². The molecule has 0 heterocycles. The Hall–Kier alpha value is -2.11. The largest absolute Gasteiger partial charge is 0.462 e. The van der Waals surface area contributed by atoms with Crippen LogP contribution in [0.5, 0.6) is 0 Å². The maximum absolute atomic E-state index is 12.8. The molecule has 0 aromatic rings. The lowest BCUT2D eigenvalue weighted by atomic mass is 10.0. The topological polar surface area (TPSA) is 78.9 Å². The monoisotopic (exact) mass is 1080 g/mol. The molecule has 1 atom stereocenters. The molecule has 6 heteroatoms. The fraction of sp³-hybridized carbons (Fsp3) is 0.901. The Balaban J connectivity index is 3.88. The molecule has 0 aromatic carbocycles. The van der Waals surface area contributed by atoms with Crippen LogP contribution < -0.4 is 0 Å². The molecular weight excluding hydrogens is 949 g/mol. The van der Waals surface area contributed by atoms with Gasteiger partial charge in [-0.1, -0.05) is 347 Å². The lowest BCUT2D eigenvalue weighted by Crippen LogP contribution is -2.30. The molecule has 0 bridgehead atoms. The normalized spacial score (nSPS) is 12.1. The molecule has 0 aliphatic heterocycles. The van der Waals surface area contributed by atoms with Crippen LogP contribution in [0.25, 0.3) is 0 Å². The first-order valence-corrected chi connectivity index (χ1v) is 34.8. The number of hydrogen-bond donors (Lipinski definition) is 0. The molecule has 0 fully saturated rings. The summed E-state index contributed by atoms with van der Waals surface area (Å²) in [6, 6.07) is 0. The Labute approximate surface area is 481 Å². The van der Waals surface area contributed by atoms with Crippen LogP contribution in [0, 0.1) is 0 Å². The van der Waals surface area contributed by atoms with Crippen LogP contribution in [0.1, 0.15) is 393 Å². The average Bonchev–Trinajstić information content (AvgIpc) is 3.43. The first-order valence-electron chi connectivity index (χ1n) is 34.8. The molecular formula is C71H134O6. The van der Waals surface area contributed by atoms with Crippen molar-refractivity contribution in [2.45, 2.75) is 399 Å². The highest BCUT2D eigenvalue weighted by molar-refractivity contribution is 5.71. The summed E-state index contributed by atoms with van der Waals surface area (Å²) >= 11 is 0. The molecule has 0 rings (SSSR count). The van der Waals surface area contributed by atoms with E-state index in [1.165, 1.54) is 283 Å². The van der Waals surface area contributed by atoms with Gasteiger partial charge in [0.25, 0.3) is 0 Å². The molecule has 1 unspecified atom stereocenters. The van der Waals surface area contributed by atoms with Gasteiger partial charge >= 0.3 is 17.9 Å². The van der Waals surface area contributed by atoms with Crippen molar-refractivity contribution in [2.75, 3.05) is 13.2 Å². The minimum absolute atomic E-state index is 0.0685. The Morgan fingerprint density at radius 3 is 0.714 bits per heavy atom. The number of carbonyl (C=O) groups excluding carboxylic acids is 3. The van der Waals surface area contributed by atoms with E-state index >= 15 is 0 Å². The van der Waals surface area contributed by atoms with Crippen molar-refractivity contribution in [3.8, 4) is 0 Å². The van der Waals surface area contributed by atoms with Crippen molar-refractivity contribution in [1.82, 2.24) is 0 Å². The second-order valence-electron chi connectivity index (χ2n) is 23.8. The Bertz CT molecular complexity index is 1240. The molecule has 0 aliphatic rings. The molecule has 0 spiro atoms. The molecule has 0 aliphatic carbocycles. The summed E-state index contributed by atoms with van der Waals surface area (Å²) in [5, 5.41) is 0. The van der Waals surface area contributed by atoms with E-state index in [-0.39, 0.29) is 31.1 Å². The minimum Gasteiger partial charge on any atom is -0.462 e. The van der Waals surface area contributed by atoms with E-state index < -0.39 is 6.10 Å². The third kappa shape index (κ3) is 64.6. The van der Waals surface area contributed by atoms with Crippen molar-refractivity contribution in [3.05, 3.63) is 24.3 Å². The van der Waals surface area contributed by atoms with Crippen LogP contribution in [0.3, 0.4) is 0 Å². The molecule has 77 heavy (non-hydrogen) atoms. The third-order valence-corrected chi connectivity index (χ3v) is 16.0. The summed E-state index contributed by atoms with van der Waals surface area (Å²) in [7, 11) is 0. The van der Waals surface area contributed by atoms with Gasteiger partial charge in [0, 0.05) is 19.3 Å². The molecule has 0 saturated carbocycles. The molecule has 0 saturated heterocycles. The number of esters is 3. The van der Waals surface area contributed by atoms with Crippen LogP contribution in [0.4, 0.5) is 0 Å². The van der Waals surface area contributed by atoms with Gasteiger partial charge in [0.15, 0.2) is 6.10 Å². The van der Waals surface area contributed by atoms with Crippen LogP contribution in [0.2, 0.25) is 0 Å². The van der Waals surface area contributed by atoms with Gasteiger partial charge in [0.1, 0.15) is 13.2 Å². The van der Waals surface area contributed by atoms with E-state index in [4.69, 9.17) is 14.2 Å². The van der Waals surface area contributed by atoms with E-state index in [9.17, 15) is 14.4 Å². The highest BCUT2D eigenvalue weighted by Crippen LogP contribution is 2.19. The SMILES string of the molecule is CCCCCCC/C=C\C/C=C\CCCCCCCCCCCC(=O)OC(COC(=O)CCCCCCC)COC(=O)CCCCCCCCCCCCCCCCCCCCCCCCCCCCCCCCCCC. The van der Waals surface area contributed by atoms with E-state index in [2.05, 4.69) is 45.1 Å². The summed E-state index contributed by atoms with van der Waals surface area (Å²) in [4.78, 5) is 38.0. The highest BCUT2D eigenvalue weighted by atomic mass is 16.6. The van der Waals surface area contributed by atoms with Crippen LogP contribution in [-0.4, -0.2) is 37.2 Å². The molecule has 6 nitrogen and oxygen atoms in total. The Morgan fingerprint density at radius 1 is 0.260 bits per heavy atom. The number of carbonyl (C=O) groups is 3. The number of rotatable bonds is 65. The summed E-state index contributed by atoms with van der Waals surface area (Å²) in [6.07, 6.45) is 81.3. The Morgan fingerprint density at radius 2 is 0.468 bits per heavy atom. The van der Waals surface area contributed by atoms with Gasteiger partial charge in [0.05, 0.1) is 0 Å². The summed E-state index contributed by atoms with van der Waals surface area (Å²) in [6.45, 7) is 6.61. The van der Waals surface area contributed by atoms with Gasteiger partial charge in [-0.2, -0.15) is 0 Å². The van der Waals surface area contributed by atoms with Crippen molar-refractivity contribution in [1.29, 1.82) is 0 Å². The minimum atomic E-state index is -0.768. The zero-order valence-corrected chi connectivity index (χ0v) is 52.3. The quantitative estimate of drug-likeness (QED) is 0.0261. The molecule has 0 aromatic heterocycles. The van der Waals surface area contributed by atoms with Gasteiger partial charge in [-0.15, -0.1) is 0 Å². The van der Waals surface area contributed by atoms with Crippen LogP contribution in [-0.2, 0) is 28.6 Å². The van der Waals surface area contributed by atoms with Gasteiger partial charge in [0.2, 0.25) is 0 Å². The standard InChI is InChI=1S/C71H134O6/c1-4-7-10-13-15-17-19-21-23-25-27-29-30-31-32-33-34-35-36-37-38-39-40-42-43-45-47-49-51-53-55-58-61-64-70(73)76-67-68(66-75-69(72)63-60-57-12-9-6-3)77-71(74)65-62-59-56-54-52-50-48-46-44-41-28-26-24-22-20-18-16-14-11-8-5-2/h20,22,26,28,68H,4-19,21,23-25,27,29-67H2,1-3H3/b22-20-,28-26-. The van der Waals surface area contributed by atoms with Gasteiger partial charge in [-0.3, -0.25) is 14.4 Å². The number of unbranched alkanes of at least 4 members (excludes halogenated alkanes) is 50. The molecule has 454 valence electrons. The maximum atomic E-state index is 12.8. The van der Waals surface area contributed by atoms with E-state index in [0.717, 1.165) is 70.6 Å². The van der Waals surface area contributed by atoms with Crippen molar-refractivity contribution >= 4 is 17.9 Å². The first kappa shape index (κ1) is 74.9. The zero-order chi connectivity index (χ0) is 55.7. The van der Waals surface area contributed by atoms with Crippen LogP contribution >= 0.6 is 0 Å². The summed E-state index contributed by atoms with van der Waals surface area (Å²) < 4.78 is 16.8. The summed E-state index contributed by atoms with van der Waals surface area (Å²) in [5.41, 5.74) is 0. The van der Waals surface area contributed by atoms with E-state index in [1.54, 1.807) is 0 Å². The zero-order valence-electron chi connectivity index (χ0n) is 52.3. The predicted octanol–water partition coefficient (Wildman–Crippen LogP) is 23.8. The molecule has 0 amide bonds. The predicted molar refractivity (Wildman–Crippen MR) is 335 cm³/mol. The Kier molecular flexibility index (Phi) is 64.6. The highest BCUT2D eigenvalue weighted by Gasteiger charge is 2.19. The second-order valence-corrected chi connectivity index (χ2v) is 23.8. The lowest BCUT2D eigenvalue weighted by molar-refractivity contribution is -0.167. The smallest absolute Gasteiger partial charge is 0.306 e. The molecule has 0 N–H and O–H groups in total. The third-order valence-electron chi connectivity index (χ3n) is 16.0. The van der Waals surface area contributed by atoms with Gasteiger partial charge in [-0.05, 0) is 51.4 Å². The van der Waals surface area contributed by atoms with Crippen molar-refractivity contribution in [2.24, 2.45) is 0 Å². The van der Waals surface area contributed by atoms with Gasteiger partial charge in [-0.25, -0.2) is 0 Å². The number of hydrogen-bond acceptors (Lipinski definition) is 6.